The van der Waals surface area contributed by atoms with Crippen LogP contribution < -0.4 is 5.32 Å². The van der Waals surface area contributed by atoms with Crippen molar-refractivity contribution in [2.75, 3.05) is 26.3 Å². The number of hydrogen-bond acceptors (Lipinski definition) is 3. The minimum absolute atomic E-state index is 0.133. The zero-order valence-electron chi connectivity index (χ0n) is 6.39. The number of aliphatic hydroxyl groups excluding tert-OH is 1. The first-order chi connectivity index (χ1) is 4.83. The molecule has 0 aromatic heterocycles. The first-order valence-electron chi connectivity index (χ1n) is 3.78. The summed E-state index contributed by atoms with van der Waals surface area (Å²) < 4.78 is 5.43. The second kappa shape index (κ2) is 3.32. The highest BCUT2D eigenvalue weighted by Crippen LogP contribution is 2.18. The second-order valence-electron chi connectivity index (χ2n) is 2.70. The van der Waals surface area contributed by atoms with Crippen LogP contribution in [0.1, 0.15) is 13.3 Å². The van der Waals surface area contributed by atoms with E-state index < -0.39 is 0 Å². The summed E-state index contributed by atoms with van der Waals surface area (Å²) in [5, 5.41) is 12.1. The largest absolute Gasteiger partial charge is 0.393 e. The Hall–Kier alpha value is -0.120. The molecule has 0 amide bonds. The maximum absolute atomic E-state index is 8.98. The third-order valence-electron chi connectivity index (χ3n) is 1.94. The number of aliphatic hydroxyl groups is 1. The predicted octanol–water partition coefficient (Wildman–Crippen LogP) is -0.253. The van der Waals surface area contributed by atoms with Crippen molar-refractivity contribution in [1.82, 2.24) is 5.32 Å². The van der Waals surface area contributed by atoms with Crippen LogP contribution in [0.15, 0.2) is 0 Å². The van der Waals surface area contributed by atoms with Gasteiger partial charge in [0.2, 0.25) is 0 Å². The van der Waals surface area contributed by atoms with Gasteiger partial charge in [-0.05, 0) is 19.9 Å². The smallest absolute Gasteiger partial charge is 0.105 e. The number of rotatable bonds is 3. The van der Waals surface area contributed by atoms with Crippen molar-refractivity contribution >= 4 is 0 Å². The van der Waals surface area contributed by atoms with Gasteiger partial charge in [-0.25, -0.2) is 0 Å². The van der Waals surface area contributed by atoms with Crippen molar-refractivity contribution in [3.8, 4) is 0 Å². The van der Waals surface area contributed by atoms with Gasteiger partial charge in [0.1, 0.15) is 5.60 Å². The lowest BCUT2D eigenvalue weighted by molar-refractivity contribution is -0.0599. The van der Waals surface area contributed by atoms with E-state index in [2.05, 4.69) is 5.32 Å². The fourth-order valence-electron chi connectivity index (χ4n) is 1.33. The molecule has 1 aliphatic rings. The highest BCUT2D eigenvalue weighted by molar-refractivity contribution is 4.88. The van der Waals surface area contributed by atoms with E-state index in [-0.39, 0.29) is 12.2 Å². The van der Waals surface area contributed by atoms with Crippen molar-refractivity contribution < 1.29 is 9.84 Å². The van der Waals surface area contributed by atoms with E-state index >= 15 is 0 Å². The van der Waals surface area contributed by atoms with Crippen LogP contribution in [0.5, 0.6) is 0 Å². The molecule has 0 spiro atoms. The van der Waals surface area contributed by atoms with Crippen LogP contribution in [0.3, 0.4) is 0 Å². The van der Waals surface area contributed by atoms with Crippen LogP contribution in [0.4, 0.5) is 0 Å². The molecule has 1 rings (SSSR count). The van der Waals surface area contributed by atoms with Gasteiger partial charge in [-0.2, -0.15) is 0 Å². The molecule has 3 nitrogen and oxygen atoms in total. The summed E-state index contributed by atoms with van der Waals surface area (Å²) in [4.78, 5) is 0. The lowest BCUT2D eigenvalue weighted by atomic mass is 10.1. The third kappa shape index (κ3) is 1.48. The maximum atomic E-state index is 8.98. The van der Waals surface area contributed by atoms with E-state index in [4.69, 9.17) is 9.84 Å². The van der Waals surface area contributed by atoms with E-state index in [9.17, 15) is 0 Å². The molecule has 0 bridgehead atoms. The fraction of sp³-hybridized carbons (Fsp3) is 1.00. The Bertz CT molecular complexity index is 99.8. The zero-order valence-corrected chi connectivity index (χ0v) is 6.39. The maximum Gasteiger partial charge on any atom is 0.105 e. The molecule has 1 aliphatic heterocycles. The van der Waals surface area contributed by atoms with Gasteiger partial charge >= 0.3 is 0 Å². The van der Waals surface area contributed by atoms with Gasteiger partial charge in [-0.1, -0.05) is 0 Å². The normalized spacial score (nSPS) is 33.0. The Morgan fingerprint density at radius 1 is 1.70 bits per heavy atom. The van der Waals surface area contributed by atoms with Crippen LogP contribution in [0.25, 0.3) is 0 Å². The molecule has 0 aromatic carbocycles. The minimum atomic E-state index is -0.269. The molecule has 3 heteroatoms. The summed E-state index contributed by atoms with van der Waals surface area (Å²) in [6, 6.07) is 0. The van der Waals surface area contributed by atoms with Gasteiger partial charge in [0.05, 0.1) is 6.61 Å². The van der Waals surface area contributed by atoms with Crippen LogP contribution in [-0.2, 0) is 4.74 Å². The van der Waals surface area contributed by atoms with E-state index in [0.29, 0.717) is 6.61 Å². The average Bonchev–Trinajstić information content (AvgIpc) is 2.39. The molecule has 0 aromatic rings. The highest BCUT2D eigenvalue weighted by atomic mass is 16.5. The summed E-state index contributed by atoms with van der Waals surface area (Å²) in [7, 11) is 0. The second-order valence-corrected chi connectivity index (χ2v) is 2.70. The van der Waals surface area contributed by atoms with Crippen molar-refractivity contribution in [3.05, 3.63) is 0 Å². The summed E-state index contributed by atoms with van der Waals surface area (Å²) in [6.07, 6.45) is 0.928. The Balaban J connectivity index is 2.41. The molecule has 1 saturated heterocycles. The first-order valence-corrected chi connectivity index (χ1v) is 3.78. The Kier molecular flexibility index (Phi) is 2.65. The summed E-state index contributed by atoms with van der Waals surface area (Å²) in [5.74, 6) is 0. The average molecular weight is 145 g/mol. The number of ether oxygens (including phenoxy) is 1. The Morgan fingerprint density at radius 3 is 2.90 bits per heavy atom. The first kappa shape index (κ1) is 7.98. The summed E-state index contributed by atoms with van der Waals surface area (Å²) in [5.41, 5.74) is -0.269. The van der Waals surface area contributed by atoms with Gasteiger partial charge in [-0.15, -0.1) is 0 Å². The molecule has 1 atom stereocenters. The molecule has 0 aliphatic carbocycles. The topological polar surface area (TPSA) is 41.5 Å². The van der Waals surface area contributed by atoms with Gasteiger partial charge in [0, 0.05) is 13.2 Å². The molecule has 10 heavy (non-hydrogen) atoms. The molecule has 0 saturated carbocycles. The van der Waals surface area contributed by atoms with E-state index in [1.54, 1.807) is 0 Å². The van der Waals surface area contributed by atoms with Crippen molar-refractivity contribution in [1.29, 1.82) is 0 Å². The van der Waals surface area contributed by atoms with Crippen molar-refractivity contribution in [2.24, 2.45) is 0 Å². The molecule has 0 radical (unpaired) electrons. The molecule has 1 heterocycles. The predicted molar refractivity (Wildman–Crippen MR) is 38.9 cm³/mol. The third-order valence-corrected chi connectivity index (χ3v) is 1.94. The Labute approximate surface area is 61.4 Å². The summed E-state index contributed by atoms with van der Waals surface area (Å²) >= 11 is 0. The number of nitrogens with one attached hydrogen (secondary N) is 1. The minimum Gasteiger partial charge on any atom is -0.393 e. The fourth-order valence-corrected chi connectivity index (χ4v) is 1.33. The van der Waals surface area contributed by atoms with E-state index in [0.717, 1.165) is 19.5 Å². The van der Waals surface area contributed by atoms with Gasteiger partial charge in [-0.3, -0.25) is 0 Å². The molecule has 1 unspecified atom stereocenters. The zero-order chi connectivity index (χ0) is 7.45. The van der Waals surface area contributed by atoms with E-state index in [1.807, 2.05) is 6.92 Å². The quantitative estimate of drug-likeness (QED) is 0.575. The standard InChI is InChI=1S/C7H15NO2/c1-2-10-7(6-9)3-4-8-5-7/h8-9H,2-6H2,1H3. The Morgan fingerprint density at radius 2 is 2.50 bits per heavy atom. The number of hydrogen-bond donors (Lipinski definition) is 2. The molecule has 1 fully saturated rings. The van der Waals surface area contributed by atoms with Gasteiger partial charge in [0.25, 0.3) is 0 Å². The van der Waals surface area contributed by atoms with E-state index in [1.165, 1.54) is 0 Å². The molecule has 60 valence electrons. The van der Waals surface area contributed by atoms with Crippen LogP contribution >= 0.6 is 0 Å². The molecular weight excluding hydrogens is 130 g/mol. The molecule has 2 N–H and O–H groups in total. The van der Waals surface area contributed by atoms with Crippen molar-refractivity contribution in [2.45, 2.75) is 18.9 Å². The monoisotopic (exact) mass is 145 g/mol. The van der Waals surface area contributed by atoms with Crippen LogP contribution in [0.2, 0.25) is 0 Å². The lowest BCUT2D eigenvalue weighted by Crippen LogP contribution is -2.38. The van der Waals surface area contributed by atoms with Gasteiger partial charge < -0.3 is 15.2 Å². The summed E-state index contributed by atoms with van der Waals surface area (Å²) in [6.45, 7) is 4.52. The van der Waals surface area contributed by atoms with Crippen LogP contribution in [-0.4, -0.2) is 37.0 Å². The van der Waals surface area contributed by atoms with Gasteiger partial charge in [0.15, 0.2) is 0 Å². The highest BCUT2D eigenvalue weighted by Gasteiger charge is 2.33. The van der Waals surface area contributed by atoms with Crippen LogP contribution in [0, 0.1) is 0 Å². The SMILES string of the molecule is CCOC1(CO)CCNC1. The molecular formula is C7H15NO2. The lowest BCUT2D eigenvalue weighted by Gasteiger charge is -2.24. The van der Waals surface area contributed by atoms with Crippen molar-refractivity contribution in [3.63, 3.8) is 0 Å².